The summed E-state index contributed by atoms with van der Waals surface area (Å²) >= 11 is 3.32. The molecule has 1 aromatic carbocycles. The second-order valence-electron chi connectivity index (χ2n) is 11.7. The first-order valence-electron chi connectivity index (χ1n) is 13.4. The number of nitrogens with one attached hydrogen (secondary N) is 1. The van der Waals surface area contributed by atoms with Crippen molar-refractivity contribution in [1.29, 1.82) is 0 Å². The van der Waals surface area contributed by atoms with Gasteiger partial charge in [-0.2, -0.15) is 0 Å². The van der Waals surface area contributed by atoms with Crippen molar-refractivity contribution in [3.63, 3.8) is 0 Å². The van der Waals surface area contributed by atoms with Crippen molar-refractivity contribution in [2.45, 2.75) is 78.2 Å². The number of nitrogens with zero attached hydrogens (tertiary/aromatic N) is 4. The Morgan fingerprint density at radius 3 is 2.34 bits per heavy atom. The minimum atomic E-state index is -0.673. The molecule has 1 N–H and O–H groups in total. The van der Waals surface area contributed by atoms with Gasteiger partial charge in [-0.3, -0.25) is 5.32 Å². The molecule has 2 amide bonds. The highest BCUT2D eigenvalue weighted by Crippen LogP contribution is 2.31. The van der Waals surface area contributed by atoms with Gasteiger partial charge in [-0.05, 0) is 75.9 Å². The topological polar surface area (TPSA) is 129 Å². The maximum Gasteiger partial charge on any atom is 0.413 e. The van der Waals surface area contributed by atoms with Crippen molar-refractivity contribution in [3.05, 3.63) is 46.7 Å². The molecule has 0 unspecified atom stereocenters. The van der Waals surface area contributed by atoms with Crippen LogP contribution < -0.4 is 5.32 Å². The van der Waals surface area contributed by atoms with Gasteiger partial charge in [0.1, 0.15) is 21.5 Å². The fourth-order valence-electron chi connectivity index (χ4n) is 4.19. The van der Waals surface area contributed by atoms with Crippen LogP contribution in [0, 0.1) is 0 Å². The van der Waals surface area contributed by atoms with Crippen LogP contribution >= 0.6 is 15.9 Å². The van der Waals surface area contributed by atoms with E-state index in [0.717, 1.165) is 24.0 Å². The van der Waals surface area contributed by atoms with Crippen LogP contribution in [0.3, 0.4) is 0 Å². The van der Waals surface area contributed by atoms with Crippen LogP contribution in [0.25, 0.3) is 22.7 Å². The first-order valence-corrected chi connectivity index (χ1v) is 14.2. The Morgan fingerprint density at radius 2 is 1.71 bits per heavy atom. The number of aromatic nitrogens is 3. The van der Waals surface area contributed by atoms with Crippen molar-refractivity contribution >= 4 is 33.9 Å². The molecule has 0 atom stereocenters. The van der Waals surface area contributed by atoms with Gasteiger partial charge in [0.05, 0.1) is 6.20 Å². The number of anilines is 1. The Bertz CT molecular complexity index is 1360. The molecule has 220 valence electrons. The van der Waals surface area contributed by atoms with Crippen molar-refractivity contribution in [1.82, 2.24) is 20.0 Å². The predicted molar refractivity (Wildman–Crippen MR) is 156 cm³/mol. The van der Waals surface area contributed by atoms with Gasteiger partial charge in [0.25, 0.3) is 0 Å². The Hall–Kier alpha value is -3.51. The van der Waals surface area contributed by atoms with Crippen LogP contribution in [0.5, 0.6) is 0 Å². The summed E-state index contributed by atoms with van der Waals surface area (Å²) in [6, 6.07) is 9.51. The van der Waals surface area contributed by atoms with Gasteiger partial charge in [0.15, 0.2) is 17.3 Å². The summed E-state index contributed by atoms with van der Waals surface area (Å²) in [6.45, 7) is 12.6. The lowest BCUT2D eigenvalue weighted by Gasteiger charge is -2.35. The molecule has 1 saturated heterocycles. The fourth-order valence-corrected chi connectivity index (χ4v) is 4.47. The maximum absolute atomic E-state index is 13.1. The number of rotatable bonds is 6. The average molecular weight is 631 g/mol. The molecule has 1 aliphatic heterocycles. The highest BCUT2D eigenvalue weighted by molar-refractivity contribution is 9.10. The van der Waals surface area contributed by atoms with E-state index >= 15 is 0 Å². The molecule has 0 bridgehead atoms. The number of halogens is 1. The third-order valence-electron chi connectivity index (χ3n) is 5.97. The highest BCUT2D eigenvalue weighted by atomic mass is 79.9. The Kier molecular flexibility index (Phi) is 9.33. The number of ether oxygens (including phenoxy) is 3. The second-order valence-corrected chi connectivity index (χ2v) is 12.6. The fraction of sp³-hybridized carbons (Fsp3) is 0.483. The van der Waals surface area contributed by atoms with Crippen LogP contribution in [0.4, 0.5) is 15.4 Å². The summed E-state index contributed by atoms with van der Waals surface area (Å²) in [7, 11) is 0. The largest absolute Gasteiger partial charge is 0.444 e. The number of carbonyl (C=O) groups excluding carboxylic acids is 2. The Labute approximate surface area is 248 Å². The summed E-state index contributed by atoms with van der Waals surface area (Å²) in [5.74, 6) is 0.496. The molecule has 3 heterocycles. The average Bonchev–Trinajstić information content (AvgIpc) is 3.37. The van der Waals surface area contributed by atoms with Crippen molar-refractivity contribution in [2.75, 3.05) is 18.5 Å². The van der Waals surface area contributed by atoms with E-state index in [0.29, 0.717) is 41.5 Å². The SMILES string of the molecule is CC(C)(C)OC(=O)Nc1ncc(Br)nc1-c1cc(-c2ccc(CN(C(=O)OC(C)(C)C)C3CCOCC3)cc2)no1. The van der Waals surface area contributed by atoms with Crippen molar-refractivity contribution in [2.24, 2.45) is 0 Å². The molecule has 0 aliphatic carbocycles. The standard InChI is InChI=1S/C29H36BrN5O6/c1-28(2,3)39-26(36)33-25-24(32-23(30)16-31-25)22-15-21(34-41-22)19-9-7-18(8-10-19)17-35(20-11-13-38-14-12-20)27(37)40-29(4,5)6/h7-10,15-16,20H,11-14,17H2,1-6H3,(H,31,33,36). The Morgan fingerprint density at radius 1 is 1.05 bits per heavy atom. The zero-order valence-corrected chi connectivity index (χ0v) is 25.8. The monoisotopic (exact) mass is 629 g/mol. The highest BCUT2D eigenvalue weighted by Gasteiger charge is 2.30. The van der Waals surface area contributed by atoms with E-state index in [4.69, 9.17) is 18.7 Å². The van der Waals surface area contributed by atoms with Gasteiger partial charge < -0.3 is 23.6 Å². The van der Waals surface area contributed by atoms with Crippen molar-refractivity contribution in [3.8, 4) is 22.7 Å². The van der Waals surface area contributed by atoms with Gasteiger partial charge in [0.2, 0.25) is 0 Å². The van der Waals surface area contributed by atoms with E-state index < -0.39 is 17.3 Å². The van der Waals surface area contributed by atoms with Gasteiger partial charge in [0, 0.05) is 37.4 Å². The second kappa shape index (κ2) is 12.6. The normalized spacial score (nSPS) is 14.4. The summed E-state index contributed by atoms with van der Waals surface area (Å²) in [4.78, 5) is 35.9. The Balaban J connectivity index is 1.51. The minimum Gasteiger partial charge on any atom is -0.444 e. The molecular formula is C29H36BrN5O6. The molecule has 2 aromatic heterocycles. The van der Waals surface area contributed by atoms with Crippen LogP contribution in [-0.4, -0.2) is 62.7 Å². The van der Waals surface area contributed by atoms with Gasteiger partial charge in [-0.15, -0.1) is 0 Å². The van der Waals surface area contributed by atoms with E-state index in [1.165, 1.54) is 6.20 Å². The quantitative estimate of drug-likeness (QED) is 0.312. The lowest BCUT2D eigenvalue weighted by molar-refractivity contribution is -0.00810. The summed E-state index contributed by atoms with van der Waals surface area (Å²) in [5.41, 5.74) is 1.37. The summed E-state index contributed by atoms with van der Waals surface area (Å²) < 4.78 is 22.6. The minimum absolute atomic E-state index is 0.0474. The van der Waals surface area contributed by atoms with Crippen LogP contribution in [-0.2, 0) is 20.8 Å². The lowest BCUT2D eigenvalue weighted by Crippen LogP contribution is -2.45. The molecule has 41 heavy (non-hydrogen) atoms. The van der Waals surface area contributed by atoms with Gasteiger partial charge in [-0.1, -0.05) is 29.4 Å². The summed E-state index contributed by atoms with van der Waals surface area (Å²) in [6.07, 6.45) is 2.00. The number of carbonyl (C=O) groups is 2. The molecule has 3 aromatic rings. The molecule has 0 saturated carbocycles. The molecule has 12 heteroatoms. The molecule has 1 aliphatic rings. The molecule has 11 nitrogen and oxygen atoms in total. The maximum atomic E-state index is 13.1. The van der Waals surface area contributed by atoms with E-state index in [2.05, 4.69) is 36.4 Å². The molecule has 0 radical (unpaired) electrons. The zero-order valence-electron chi connectivity index (χ0n) is 24.2. The third-order valence-corrected chi connectivity index (χ3v) is 6.35. The van der Waals surface area contributed by atoms with E-state index in [1.807, 2.05) is 45.0 Å². The van der Waals surface area contributed by atoms with Gasteiger partial charge >= 0.3 is 12.2 Å². The van der Waals surface area contributed by atoms with Crippen LogP contribution in [0.2, 0.25) is 0 Å². The molecule has 1 fully saturated rings. The number of hydrogen-bond acceptors (Lipinski definition) is 9. The van der Waals surface area contributed by atoms with Gasteiger partial charge in [-0.25, -0.2) is 19.6 Å². The molecule has 0 spiro atoms. The lowest BCUT2D eigenvalue weighted by atomic mass is 10.0. The molecule has 4 rings (SSSR count). The van der Waals surface area contributed by atoms with Crippen LogP contribution in [0.15, 0.2) is 45.7 Å². The number of benzene rings is 1. The van der Waals surface area contributed by atoms with Crippen molar-refractivity contribution < 1.29 is 28.3 Å². The van der Waals surface area contributed by atoms with Crippen LogP contribution in [0.1, 0.15) is 59.9 Å². The third kappa shape index (κ3) is 8.74. The first-order chi connectivity index (χ1) is 19.3. The van der Waals surface area contributed by atoms with E-state index in [-0.39, 0.29) is 18.0 Å². The zero-order chi connectivity index (χ0) is 29.8. The molecular weight excluding hydrogens is 594 g/mol. The predicted octanol–water partition coefficient (Wildman–Crippen LogP) is 6.82. The number of amides is 2. The summed E-state index contributed by atoms with van der Waals surface area (Å²) in [5, 5.41) is 6.83. The van der Waals surface area contributed by atoms with E-state index in [9.17, 15) is 9.59 Å². The number of hydrogen-bond donors (Lipinski definition) is 1. The first kappa shape index (κ1) is 30.4. The smallest absolute Gasteiger partial charge is 0.413 e. The van der Waals surface area contributed by atoms with E-state index in [1.54, 1.807) is 31.7 Å².